The third-order valence-corrected chi connectivity index (χ3v) is 8.83. The number of nitrogens with zero attached hydrogens (tertiary/aromatic N) is 4. The second kappa shape index (κ2) is 9.68. The second-order valence-corrected chi connectivity index (χ2v) is 11.4. The maximum absolute atomic E-state index is 16.0. The average molecular weight is 578 g/mol. The van der Waals surface area contributed by atoms with E-state index in [-0.39, 0.29) is 59.5 Å². The number of halogens is 5. The Balaban J connectivity index is 1.44. The van der Waals surface area contributed by atoms with Crippen molar-refractivity contribution in [2.24, 2.45) is 17.6 Å². The molecule has 1 aromatic carbocycles. The monoisotopic (exact) mass is 577 g/mol. The Labute approximate surface area is 231 Å². The molecule has 218 valence electrons. The van der Waals surface area contributed by atoms with E-state index in [0.717, 1.165) is 29.9 Å². The van der Waals surface area contributed by atoms with Crippen LogP contribution in [-0.2, 0) is 12.0 Å². The molecule has 3 heterocycles. The van der Waals surface area contributed by atoms with Crippen LogP contribution in [0.4, 0.5) is 27.6 Å². The fourth-order valence-corrected chi connectivity index (χ4v) is 6.52. The van der Waals surface area contributed by atoms with Gasteiger partial charge in [0.15, 0.2) is 0 Å². The van der Waals surface area contributed by atoms with Gasteiger partial charge in [0.2, 0.25) is 0 Å². The Morgan fingerprint density at radius 2 is 1.90 bits per heavy atom. The predicted octanol–water partition coefficient (Wildman–Crippen LogP) is 3.83. The van der Waals surface area contributed by atoms with Crippen molar-refractivity contribution in [1.29, 1.82) is 0 Å². The van der Waals surface area contributed by atoms with E-state index in [1.54, 1.807) is 17.9 Å². The smallest absolute Gasteiger partial charge is 0.384 e. The van der Waals surface area contributed by atoms with Crippen molar-refractivity contribution in [2.75, 3.05) is 25.0 Å². The molecule has 1 amide bonds. The molecule has 2 aliphatic carbocycles. The van der Waals surface area contributed by atoms with Gasteiger partial charge >= 0.3 is 12.2 Å². The Morgan fingerprint density at radius 3 is 2.46 bits per heavy atom. The number of pyridine rings is 1. The van der Waals surface area contributed by atoms with Crippen molar-refractivity contribution >= 4 is 11.6 Å². The zero-order chi connectivity index (χ0) is 29.4. The lowest BCUT2D eigenvalue weighted by molar-refractivity contribution is 0.0649. The quantitative estimate of drug-likeness (QED) is 0.389. The third-order valence-electron chi connectivity index (χ3n) is 8.83. The van der Waals surface area contributed by atoms with E-state index in [1.165, 1.54) is 12.1 Å². The van der Waals surface area contributed by atoms with Gasteiger partial charge in [-0.3, -0.25) is 9.59 Å². The number of hydrogen-bond acceptors (Lipinski definition) is 6. The number of alkyl halides is 2. The van der Waals surface area contributed by atoms with Gasteiger partial charge in [0, 0.05) is 43.4 Å². The minimum Gasteiger partial charge on any atom is -0.387 e. The summed E-state index contributed by atoms with van der Waals surface area (Å²) in [6.07, 6.45) is -3.25. The predicted molar refractivity (Wildman–Crippen MR) is 137 cm³/mol. The first kappa shape index (κ1) is 27.4. The highest BCUT2D eigenvalue weighted by Crippen LogP contribution is 2.53. The molecule has 1 saturated heterocycles. The number of oxazole rings is 1. The molecule has 3 unspecified atom stereocenters. The molecular weight excluding hydrogens is 549 g/mol. The number of carbonyl (C=O) groups is 1. The number of aromatic nitrogens is 2. The zero-order valence-electron chi connectivity index (χ0n) is 22.3. The number of anilines is 1. The van der Waals surface area contributed by atoms with Crippen LogP contribution in [0.1, 0.15) is 53.0 Å². The van der Waals surface area contributed by atoms with E-state index in [9.17, 15) is 27.2 Å². The van der Waals surface area contributed by atoms with Crippen LogP contribution in [0.25, 0.3) is 0 Å². The number of nitrogens with two attached hydrogens (primary N) is 1. The van der Waals surface area contributed by atoms with Crippen molar-refractivity contribution in [3.05, 3.63) is 81.2 Å². The van der Waals surface area contributed by atoms with E-state index in [2.05, 4.69) is 14.3 Å². The largest absolute Gasteiger partial charge is 0.387 e. The van der Waals surface area contributed by atoms with Gasteiger partial charge < -0.3 is 24.5 Å². The van der Waals surface area contributed by atoms with Gasteiger partial charge in [0.25, 0.3) is 17.9 Å². The topological polar surface area (TPSA) is 97.6 Å². The summed E-state index contributed by atoms with van der Waals surface area (Å²) in [5.41, 5.74) is 3.20. The van der Waals surface area contributed by atoms with Crippen molar-refractivity contribution in [3.63, 3.8) is 0 Å². The molecule has 2 aromatic heterocycles. The zero-order valence-corrected chi connectivity index (χ0v) is 22.3. The molecule has 3 fully saturated rings. The molecule has 8 nitrogen and oxygen atoms in total. The van der Waals surface area contributed by atoms with Crippen LogP contribution in [0.3, 0.4) is 0 Å². The molecule has 1 aliphatic heterocycles. The van der Waals surface area contributed by atoms with Gasteiger partial charge in [-0.2, -0.15) is 9.37 Å². The summed E-state index contributed by atoms with van der Waals surface area (Å²) in [6, 6.07) is 3.47. The maximum Gasteiger partial charge on any atom is 0.384 e. The number of rotatable bonds is 9. The van der Waals surface area contributed by atoms with Crippen molar-refractivity contribution in [3.8, 4) is 0 Å². The minimum atomic E-state index is -2.81. The molecular formula is C28H28F5N5O3. The number of piperidine rings is 1. The van der Waals surface area contributed by atoms with Crippen molar-refractivity contribution < 1.29 is 31.2 Å². The van der Waals surface area contributed by atoms with Crippen LogP contribution in [0, 0.1) is 29.8 Å². The summed E-state index contributed by atoms with van der Waals surface area (Å²) in [4.78, 5) is 33.2. The van der Waals surface area contributed by atoms with Crippen LogP contribution in [-0.4, -0.2) is 53.0 Å². The molecule has 6 rings (SSSR count). The molecule has 13 heteroatoms. The molecule has 0 bridgehead atoms. The number of fused-ring (bicyclic) bond motifs is 1. The van der Waals surface area contributed by atoms with E-state index in [0.29, 0.717) is 0 Å². The van der Waals surface area contributed by atoms with Gasteiger partial charge in [-0.05, 0) is 44.2 Å². The fraction of sp³-hybridized carbons (Fsp3) is 0.464. The van der Waals surface area contributed by atoms with Crippen LogP contribution >= 0.6 is 0 Å². The highest BCUT2D eigenvalue weighted by Gasteiger charge is 2.59. The summed E-state index contributed by atoms with van der Waals surface area (Å²) in [5, 5.41) is 0. The number of hydrogen-bond donors (Lipinski definition) is 1. The Hall–Kier alpha value is -3.74. The summed E-state index contributed by atoms with van der Waals surface area (Å²) >= 11 is 0. The number of likely N-dealkylation sites (tertiary alicyclic amines) is 1. The first-order valence-corrected chi connectivity index (χ1v) is 13.3. The Bertz CT molecular complexity index is 1570. The number of primary amides is 1. The van der Waals surface area contributed by atoms with E-state index < -0.39 is 53.1 Å². The maximum atomic E-state index is 16.0. The molecule has 3 atom stereocenters. The van der Waals surface area contributed by atoms with E-state index in [1.807, 2.05) is 7.05 Å². The van der Waals surface area contributed by atoms with Crippen LogP contribution < -0.4 is 16.2 Å². The fourth-order valence-electron chi connectivity index (χ4n) is 6.52. The van der Waals surface area contributed by atoms with E-state index in [4.69, 9.17) is 5.73 Å². The van der Waals surface area contributed by atoms with Gasteiger partial charge in [-0.1, -0.05) is 18.2 Å². The summed E-state index contributed by atoms with van der Waals surface area (Å²) in [5.74, 6) is -1.27. The summed E-state index contributed by atoms with van der Waals surface area (Å²) in [7, 11) is 1.97. The summed E-state index contributed by atoms with van der Waals surface area (Å²) < 4.78 is 76.0. The lowest BCUT2D eigenvalue weighted by atomic mass is 9.98. The van der Waals surface area contributed by atoms with Gasteiger partial charge in [0.05, 0.1) is 17.3 Å². The number of benzene rings is 1. The number of amides is 1. The molecule has 2 N–H and O–H groups in total. The molecule has 0 spiro atoms. The van der Waals surface area contributed by atoms with E-state index >= 15 is 4.39 Å². The first-order valence-electron chi connectivity index (χ1n) is 13.3. The second-order valence-electron chi connectivity index (χ2n) is 11.4. The summed E-state index contributed by atoms with van der Waals surface area (Å²) in [6.45, 7) is 3.19. The third kappa shape index (κ3) is 4.50. The van der Waals surface area contributed by atoms with Crippen LogP contribution in [0.2, 0.25) is 0 Å². The Morgan fingerprint density at radius 1 is 1.22 bits per heavy atom. The molecule has 0 radical (unpaired) electrons. The van der Waals surface area contributed by atoms with Crippen molar-refractivity contribution in [2.45, 2.75) is 50.2 Å². The standard InChI is InChI=1S/C28H28F5N5O3/c1-13(15-5-3-4-14(22(15)29)8-19-24(30)41-27(33)35-19)38(23-16-10-36(2)11-17(16)23)20-9-21(39)37(12-18(20)25(34)40)28(6-7-28)26(31)32/h3-5,9,12-13,16-17,23,26H,6-8,10-11H2,1-2H3,(H2,34,40). The highest BCUT2D eigenvalue weighted by atomic mass is 19.3. The molecule has 41 heavy (non-hydrogen) atoms. The SMILES string of the molecule is CC(c1cccc(Cc2nc(F)oc2F)c1F)N(c1cc(=O)n(C2(C(F)F)CC2)cc1C(N)=O)C1C2CN(C)CC21. The minimum absolute atomic E-state index is 0.0374. The van der Waals surface area contributed by atoms with Gasteiger partial charge in [-0.15, -0.1) is 4.39 Å². The lowest BCUT2D eigenvalue weighted by Gasteiger charge is -2.36. The normalized spacial score (nSPS) is 23.5. The van der Waals surface area contributed by atoms with Crippen molar-refractivity contribution in [1.82, 2.24) is 14.5 Å². The molecule has 2 saturated carbocycles. The van der Waals surface area contributed by atoms with Gasteiger partial charge in [0.1, 0.15) is 17.1 Å². The van der Waals surface area contributed by atoms with Crippen LogP contribution in [0.5, 0.6) is 0 Å². The lowest BCUT2D eigenvalue weighted by Crippen LogP contribution is -2.41. The highest BCUT2D eigenvalue weighted by molar-refractivity contribution is 5.98. The number of carbonyl (C=O) groups excluding carboxylic acids is 1. The Kier molecular flexibility index (Phi) is 6.47. The molecule has 3 aromatic rings. The first-order chi connectivity index (χ1) is 19.4. The van der Waals surface area contributed by atoms with Crippen LogP contribution in [0.15, 0.2) is 39.7 Å². The average Bonchev–Trinajstić information content (AvgIpc) is 3.76. The molecule has 3 aliphatic rings. The van der Waals surface area contributed by atoms with Gasteiger partial charge in [-0.25, -0.2) is 13.2 Å².